The van der Waals surface area contributed by atoms with E-state index < -0.39 is 0 Å². The van der Waals surface area contributed by atoms with Crippen LogP contribution in [-0.2, 0) is 0 Å². The van der Waals surface area contributed by atoms with Gasteiger partial charge in [0.2, 0.25) is 0 Å². The molecule has 0 nitrogen and oxygen atoms in total. The second kappa shape index (κ2) is 5.59. The first-order valence-electron chi connectivity index (χ1n) is 5.24. The molecule has 72 valence electrons. The van der Waals surface area contributed by atoms with E-state index in [0.717, 1.165) is 0 Å². The van der Waals surface area contributed by atoms with Crippen LogP contribution in [0, 0.1) is 6.92 Å². The number of aryl methyl sites for hydroxylation is 1. The van der Waals surface area contributed by atoms with Crippen LogP contribution in [0.1, 0.15) is 25.7 Å². The number of hydrogen-bond donors (Lipinski definition) is 0. The minimum atomic E-state index is 1.25. The predicted molar refractivity (Wildman–Crippen MR) is 66.0 cm³/mol. The average molecular weight is 184 g/mol. The molecule has 0 amide bonds. The van der Waals surface area contributed by atoms with E-state index >= 15 is 0 Å². The summed E-state index contributed by atoms with van der Waals surface area (Å²) < 4.78 is 0. The zero-order chi connectivity index (χ0) is 10.4. The molecule has 0 fully saturated rings. The van der Waals surface area contributed by atoms with Crippen molar-refractivity contribution in [1.82, 2.24) is 0 Å². The van der Waals surface area contributed by atoms with E-state index in [4.69, 9.17) is 0 Å². The Labute approximate surface area is 87.2 Å². The van der Waals surface area contributed by atoms with E-state index in [1.807, 2.05) is 0 Å². The standard InChI is InChI=1S/C10H9B.C3H8/c1-8-10-5-3-2-4-9(10)6-7-11-8;1-3-2/h2-7H,1H3;3H2,1-2H3. The molecule has 0 spiro atoms. The van der Waals surface area contributed by atoms with E-state index in [1.165, 1.54) is 22.7 Å². The van der Waals surface area contributed by atoms with Crippen LogP contribution in [0.4, 0.5) is 0 Å². The molecule has 0 saturated heterocycles. The van der Waals surface area contributed by atoms with Gasteiger partial charge in [-0.25, -0.2) is 0 Å². The Kier molecular flexibility index (Phi) is 4.38. The van der Waals surface area contributed by atoms with E-state index in [-0.39, 0.29) is 0 Å². The van der Waals surface area contributed by atoms with Crippen LogP contribution < -0.4 is 0 Å². The van der Waals surface area contributed by atoms with Crippen LogP contribution in [0.3, 0.4) is 0 Å². The molecule has 14 heavy (non-hydrogen) atoms. The third-order valence-corrected chi connectivity index (χ3v) is 2.01. The van der Waals surface area contributed by atoms with Crippen LogP contribution in [-0.4, -0.2) is 6.91 Å². The molecule has 0 aliphatic rings. The molecule has 0 N–H and O–H groups in total. The van der Waals surface area contributed by atoms with Gasteiger partial charge in [0.25, 0.3) is 0 Å². The molecule has 2 aromatic rings. The molecular weight excluding hydrogens is 167 g/mol. The number of benzene rings is 1. The molecular formula is C13H17B. The van der Waals surface area contributed by atoms with Gasteiger partial charge in [0.1, 0.15) is 0 Å². The summed E-state index contributed by atoms with van der Waals surface area (Å²) in [5.74, 6) is 2.09. The van der Waals surface area contributed by atoms with Crippen molar-refractivity contribution in [2.24, 2.45) is 0 Å². The van der Waals surface area contributed by atoms with Crippen molar-refractivity contribution < 1.29 is 0 Å². The number of hydrogen-bond acceptors (Lipinski definition) is 0. The summed E-state index contributed by atoms with van der Waals surface area (Å²) in [6, 6.07) is 10.6. The van der Waals surface area contributed by atoms with Crippen LogP contribution in [0.15, 0.2) is 36.3 Å². The van der Waals surface area contributed by atoms with Crippen molar-refractivity contribution in [1.29, 1.82) is 0 Å². The van der Waals surface area contributed by atoms with Crippen molar-refractivity contribution in [3.05, 3.63) is 41.8 Å². The fraction of sp³-hybridized carbons (Fsp3) is 0.308. The van der Waals surface area contributed by atoms with Crippen molar-refractivity contribution in [3.63, 3.8) is 0 Å². The zero-order valence-electron chi connectivity index (χ0n) is 9.25. The monoisotopic (exact) mass is 184 g/mol. The van der Waals surface area contributed by atoms with Crippen molar-refractivity contribution in [2.75, 3.05) is 0 Å². The van der Waals surface area contributed by atoms with Crippen molar-refractivity contribution in [3.8, 4) is 0 Å². The summed E-state index contributed by atoms with van der Waals surface area (Å²) in [6.07, 6.45) is 1.25. The number of rotatable bonds is 0. The van der Waals surface area contributed by atoms with E-state index in [9.17, 15) is 0 Å². The average Bonchev–Trinajstić information content (AvgIpc) is 2.20. The van der Waals surface area contributed by atoms with Crippen molar-refractivity contribution in [2.45, 2.75) is 27.2 Å². The first kappa shape index (κ1) is 11.0. The fourth-order valence-electron chi connectivity index (χ4n) is 1.39. The summed E-state index contributed by atoms with van der Waals surface area (Å²) >= 11 is 0. The Bertz CT molecular complexity index is 388. The van der Waals surface area contributed by atoms with Gasteiger partial charge in [-0.1, -0.05) is 20.3 Å². The molecule has 1 heteroatoms. The first-order valence-corrected chi connectivity index (χ1v) is 5.24. The molecule has 0 unspecified atom stereocenters. The predicted octanol–water partition coefficient (Wildman–Crippen LogP) is 3.90. The van der Waals surface area contributed by atoms with Gasteiger partial charge in [0.05, 0.1) is 0 Å². The zero-order valence-corrected chi connectivity index (χ0v) is 9.25. The quantitative estimate of drug-likeness (QED) is 0.582. The van der Waals surface area contributed by atoms with Gasteiger partial charge in [-0.2, -0.15) is 0 Å². The van der Waals surface area contributed by atoms with E-state index in [0.29, 0.717) is 0 Å². The van der Waals surface area contributed by atoms with Crippen molar-refractivity contribution >= 4 is 17.7 Å². The normalized spacial score (nSPS) is 9.07. The summed E-state index contributed by atoms with van der Waals surface area (Å²) in [5, 5.41) is 2.68. The molecule has 0 radical (unpaired) electrons. The van der Waals surface area contributed by atoms with Gasteiger partial charge in [-0.05, 0) is 0 Å². The van der Waals surface area contributed by atoms with Crippen LogP contribution >= 0.6 is 0 Å². The van der Waals surface area contributed by atoms with Gasteiger partial charge < -0.3 is 0 Å². The minimum absolute atomic E-state index is 1.25. The van der Waals surface area contributed by atoms with Crippen LogP contribution in [0.5, 0.6) is 0 Å². The maximum absolute atomic E-state index is 2.16. The van der Waals surface area contributed by atoms with Gasteiger partial charge in [0, 0.05) is 0 Å². The molecule has 1 aromatic heterocycles. The molecule has 0 atom stereocenters. The molecule has 0 bridgehead atoms. The van der Waals surface area contributed by atoms with E-state index in [1.54, 1.807) is 0 Å². The topological polar surface area (TPSA) is 0 Å². The third kappa shape index (κ3) is 2.70. The number of fused-ring (bicyclic) bond motifs is 1. The second-order valence-corrected chi connectivity index (χ2v) is 3.50. The Morgan fingerprint density at radius 3 is 2.36 bits per heavy atom. The summed E-state index contributed by atoms with van der Waals surface area (Å²) in [5.41, 5.74) is 1.35. The first-order chi connectivity index (χ1) is 6.79. The molecule has 0 aliphatic carbocycles. The molecule has 2 rings (SSSR count). The Morgan fingerprint density at radius 2 is 1.71 bits per heavy atom. The summed E-state index contributed by atoms with van der Waals surface area (Å²) in [7, 11) is 0. The SMILES string of the molecule is CCC.Cc1bccc2ccccc12. The van der Waals surface area contributed by atoms with Gasteiger partial charge in [-0.3, -0.25) is 0 Å². The molecule has 1 aromatic carbocycles. The third-order valence-electron chi connectivity index (χ3n) is 2.01. The second-order valence-electron chi connectivity index (χ2n) is 3.50. The van der Waals surface area contributed by atoms with Gasteiger partial charge in [0.15, 0.2) is 0 Å². The molecule has 1 heterocycles. The Morgan fingerprint density at radius 1 is 1.07 bits per heavy atom. The van der Waals surface area contributed by atoms with Crippen LogP contribution in [0.25, 0.3) is 10.8 Å². The Hall–Kier alpha value is -1.11. The van der Waals surface area contributed by atoms with E-state index in [2.05, 4.69) is 64.0 Å². The van der Waals surface area contributed by atoms with Crippen LogP contribution in [0.2, 0.25) is 0 Å². The molecule has 0 saturated carbocycles. The maximum atomic E-state index is 2.16. The van der Waals surface area contributed by atoms with Gasteiger partial charge in [-0.15, -0.1) is 0 Å². The Balaban J connectivity index is 0.000000293. The molecule has 0 aliphatic heterocycles. The fourth-order valence-corrected chi connectivity index (χ4v) is 1.39. The summed E-state index contributed by atoms with van der Waals surface area (Å²) in [4.78, 5) is 0. The summed E-state index contributed by atoms with van der Waals surface area (Å²) in [6.45, 7) is 8.53. The van der Waals surface area contributed by atoms with Gasteiger partial charge >= 0.3 is 66.4 Å².